The summed E-state index contributed by atoms with van der Waals surface area (Å²) >= 11 is 0. The molecule has 0 aliphatic carbocycles. The van der Waals surface area contributed by atoms with Crippen molar-refractivity contribution in [2.45, 2.75) is 90.6 Å². The minimum atomic E-state index is -1.17. The van der Waals surface area contributed by atoms with Crippen LogP contribution in [0.25, 0.3) is 27.9 Å². The van der Waals surface area contributed by atoms with Gasteiger partial charge in [0.25, 0.3) is 0 Å². The van der Waals surface area contributed by atoms with Gasteiger partial charge in [-0.25, -0.2) is 13.7 Å². The highest BCUT2D eigenvalue weighted by molar-refractivity contribution is 5.87. The minimum absolute atomic E-state index is 0.0810. The predicted molar refractivity (Wildman–Crippen MR) is 177 cm³/mol. The summed E-state index contributed by atoms with van der Waals surface area (Å²) in [7, 11) is 0. The first-order valence-electron chi connectivity index (χ1n) is 16.2. The zero-order chi connectivity index (χ0) is 32.8. The standard InChI is InChI=1S/C37H44FN3O5/c1-23-22-41-30-21-29(39-41)26-11-7-10-25(19-26)28-20-27(38)12-13-31(28)45-24(2)9-8-18-44-37(6)14-16-40(17-15-37)33(30)32(23)34(35(42)43)46-36(3,4)5/h7,10-13,19-22,24,34H,8-9,14-18H2,1-6H3,(H,42,43). The summed E-state index contributed by atoms with van der Waals surface area (Å²) in [6.07, 6.45) is 3.84. The lowest BCUT2D eigenvalue weighted by Gasteiger charge is -2.42. The van der Waals surface area contributed by atoms with Crippen molar-refractivity contribution in [3.8, 4) is 28.1 Å². The number of benzene rings is 2. The SMILES string of the molecule is Cc1cn2nc3cc2c(c1C(OC(C)(C)C)C(=O)O)N1CCC(C)(CC1)OCCCC(C)Oc1ccc(F)cc1-c1cccc-3c1. The van der Waals surface area contributed by atoms with Gasteiger partial charge in [-0.15, -0.1) is 0 Å². The molecule has 2 atom stereocenters. The number of halogens is 1. The Balaban J connectivity index is 1.55. The number of pyridine rings is 1. The lowest BCUT2D eigenvalue weighted by Crippen LogP contribution is -2.45. The second kappa shape index (κ2) is 12.3. The van der Waals surface area contributed by atoms with Crippen LogP contribution in [0.15, 0.2) is 54.7 Å². The highest BCUT2D eigenvalue weighted by atomic mass is 19.1. The molecule has 46 heavy (non-hydrogen) atoms. The molecular formula is C37H44FN3O5. The van der Waals surface area contributed by atoms with E-state index in [0.29, 0.717) is 36.6 Å². The van der Waals surface area contributed by atoms with E-state index < -0.39 is 17.7 Å². The van der Waals surface area contributed by atoms with Crippen LogP contribution in [0.4, 0.5) is 10.1 Å². The maximum Gasteiger partial charge on any atom is 0.337 e. The summed E-state index contributed by atoms with van der Waals surface area (Å²) in [5, 5.41) is 15.5. The minimum Gasteiger partial charge on any atom is -0.490 e. The number of rotatable bonds is 3. The molecule has 0 spiro atoms. The van der Waals surface area contributed by atoms with Gasteiger partial charge in [0.15, 0.2) is 6.10 Å². The highest BCUT2D eigenvalue weighted by Crippen LogP contribution is 2.42. The molecule has 6 bridgehead atoms. The fraction of sp³-hybridized carbons (Fsp3) is 0.459. The lowest BCUT2D eigenvalue weighted by molar-refractivity contribution is -0.160. The number of piperidine rings is 1. The Morgan fingerprint density at radius 3 is 2.59 bits per heavy atom. The van der Waals surface area contributed by atoms with E-state index in [2.05, 4.69) is 11.8 Å². The molecule has 9 heteroatoms. The number of ether oxygens (including phenoxy) is 3. The quantitative estimate of drug-likeness (QED) is 0.246. The van der Waals surface area contributed by atoms with Gasteiger partial charge in [0.05, 0.1) is 34.2 Å². The fourth-order valence-corrected chi connectivity index (χ4v) is 6.63. The van der Waals surface area contributed by atoms with Crippen molar-refractivity contribution < 1.29 is 28.5 Å². The van der Waals surface area contributed by atoms with E-state index in [-0.39, 0.29) is 17.5 Å². The number of fused-ring (bicyclic) bond motifs is 7. The van der Waals surface area contributed by atoms with Gasteiger partial charge in [-0.05, 0) is 109 Å². The third kappa shape index (κ3) is 6.62. The molecule has 2 aromatic heterocycles. The zero-order valence-corrected chi connectivity index (χ0v) is 27.6. The number of nitrogens with zero attached hydrogens (tertiary/aromatic N) is 3. The average molecular weight is 630 g/mol. The number of aryl methyl sites for hydroxylation is 1. The normalized spacial score (nSPS) is 21.3. The van der Waals surface area contributed by atoms with Gasteiger partial charge in [0.1, 0.15) is 11.6 Å². The monoisotopic (exact) mass is 629 g/mol. The molecule has 1 saturated heterocycles. The van der Waals surface area contributed by atoms with Crippen molar-refractivity contribution >= 4 is 17.2 Å². The van der Waals surface area contributed by atoms with Crippen molar-refractivity contribution in [1.29, 1.82) is 0 Å². The summed E-state index contributed by atoms with van der Waals surface area (Å²) in [6, 6.07) is 14.5. The van der Waals surface area contributed by atoms with Crippen LogP contribution in [-0.4, -0.2) is 57.7 Å². The van der Waals surface area contributed by atoms with Crippen LogP contribution in [0.1, 0.15) is 77.5 Å². The Morgan fingerprint density at radius 1 is 1.13 bits per heavy atom. The van der Waals surface area contributed by atoms with Crippen LogP contribution in [0.5, 0.6) is 5.75 Å². The molecule has 5 heterocycles. The van der Waals surface area contributed by atoms with E-state index in [9.17, 15) is 14.3 Å². The molecule has 2 aromatic carbocycles. The Kier molecular flexibility index (Phi) is 8.59. The topological polar surface area (TPSA) is 85.5 Å². The predicted octanol–water partition coefficient (Wildman–Crippen LogP) is 7.99. The molecule has 0 radical (unpaired) electrons. The van der Waals surface area contributed by atoms with E-state index in [4.69, 9.17) is 19.3 Å². The molecule has 0 amide bonds. The molecule has 244 valence electrons. The smallest absolute Gasteiger partial charge is 0.337 e. The molecule has 7 rings (SSSR count). The number of carboxylic acids is 1. The lowest BCUT2D eigenvalue weighted by atomic mass is 9.91. The van der Waals surface area contributed by atoms with Gasteiger partial charge in [-0.2, -0.15) is 5.10 Å². The molecule has 0 saturated carbocycles. The number of carbonyl (C=O) groups is 1. The molecule has 2 unspecified atom stereocenters. The van der Waals surface area contributed by atoms with Crippen molar-refractivity contribution in [1.82, 2.24) is 9.61 Å². The molecule has 4 aromatic rings. The van der Waals surface area contributed by atoms with E-state index in [1.807, 2.05) is 75.7 Å². The Labute approximate surface area is 270 Å². The van der Waals surface area contributed by atoms with Gasteiger partial charge in [-0.1, -0.05) is 18.2 Å². The molecule has 1 fully saturated rings. The number of aromatic nitrogens is 2. The van der Waals surface area contributed by atoms with Crippen LogP contribution in [-0.2, 0) is 14.3 Å². The maximum atomic E-state index is 14.6. The molecular weight excluding hydrogens is 585 g/mol. The number of hydrogen-bond donors (Lipinski definition) is 1. The van der Waals surface area contributed by atoms with Crippen molar-refractivity contribution in [3.63, 3.8) is 0 Å². The number of aliphatic carboxylic acids is 1. The van der Waals surface area contributed by atoms with Gasteiger partial charge in [0.2, 0.25) is 0 Å². The van der Waals surface area contributed by atoms with Crippen LogP contribution < -0.4 is 9.64 Å². The molecule has 1 N–H and O–H groups in total. The first-order chi connectivity index (χ1) is 21.8. The Morgan fingerprint density at radius 2 is 1.87 bits per heavy atom. The average Bonchev–Trinajstić information content (AvgIpc) is 3.42. The van der Waals surface area contributed by atoms with Crippen LogP contribution in [0.3, 0.4) is 0 Å². The van der Waals surface area contributed by atoms with Crippen molar-refractivity contribution in [3.05, 3.63) is 71.7 Å². The summed E-state index contributed by atoms with van der Waals surface area (Å²) in [4.78, 5) is 15.1. The summed E-state index contributed by atoms with van der Waals surface area (Å²) < 4.78 is 35.5. The van der Waals surface area contributed by atoms with Gasteiger partial charge < -0.3 is 24.2 Å². The van der Waals surface area contributed by atoms with Gasteiger partial charge >= 0.3 is 5.97 Å². The summed E-state index contributed by atoms with van der Waals surface area (Å²) in [6.45, 7) is 13.7. The first-order valence-corrected chi connectivity index (χ1v) is 16.2. The fourth-order valence-electron chi connectivity index (χ4n) is 6.63. The van der Waals surface area contributed by atoms with Gasteiger partial charge in [0, 0.05) is 42.6 Å². The van der Waals surface area contributed by atoms with E-state index in [1.54, 1.807) is 6.07 Å². The van der Waals surface area contributed by atoms with E-state index in [1.165, 1.54) is 12.1 Å². The maximum absolute atomic E-state index is 14.6. The van der Waals surface area contributed by atoms with Crippen LogP contribution >= 0.6 is 0 Å². The van der Waals surface area contributed by atoms with Crippen molar-refractivity contribution in [2.24, 2.45) is 0 Å². The zero-order valence-electron chi connectivity index (χ0n) is 27.6. The third-order valence-electron chi connectivity index (χ3n) is 9.01. The first kappa shape index (κ1) is 32.0. The van der Waals surface area contributed by atoms with E-state index >= 15 is 0 Å². The van der Waals surface area contributed by atoms with Crippen molar-refractivity contribution in [2.75, 3.05) is 24.6 Å². The molecule has 3 aliphatic rings. The van der Waals surface area contributed by atoms with Crippen LogP contribution in [0, 0.1) is 12.7 Å². The third-order valence-corrected chi connectivity index (χ3v) is 9.01. The number of carboxylic acid groups (broad SMARTS) is 1. The summed E-state index contributed by atoms with van der Waals surface area (Å²) in [5.74, 6) is -0.746. The second-order valence-electron chi connectivity index (χ2n) is 14.0. The highest BCUT2D eigenvalue weighted by Gasteiger charge is 2.37. The summed E-state index contributed by atoms with van der Waals surface area (Å²) in [5.41, 5.74) is 5.13. The Hall–Kier alpha value is -3.95. The van der Waals surface area contributed by atoms with Gasteiger partial charge in [-0.3, -0.25) is 0 Å². The van der Waals surface area contributed by atoms with Crippen LogP contribution in [0.2, 0.25) is 0 Å². The molecule has 8 nitrogen and oxygen atoms in total. The number of anilines is 1. The number of hydrogen-bond acceptors (Lipinski definition) is 6. The second-order valence-corrected chi connectivity index (χ2v) is 14.0. The Bertz CT molecular complexity index is 1750. The molecule has 3 aliphatic heterocycles. The largest absolute Gasteiger partial charge is 0.490 e. The van der Waals surface area contributed by atoms with E-state index in [0.717, 1.165) is 59.3 Å².